The summed E-state index contributed by atoms with van der Waals surface area (Å²) in [5.41, 5.74) is 7.92. The molecule has 15 heavy (non-hydrogen) atoms. The van der Waals surface area contributed by atoms with Gasteiger partial charge in [0.2, 0.25) is 0 Å². The fourth-order valence-electron chi connectivity index (χ4n) is 2.16. The highest BCUT2D eigenvalue weighted by Gasteiger charge is 2.20. The predicted molar refractivity (Wildman–Crippen MR) is 65.0 cm³/mol. The van der Waals surface area contributed by atoms with Crippen LogP contribution in [-0.4, -0.2) is 17.5 Å². The van der Waals surface area contributed by atoms with Crippen molar-refractivity contribution >= 4 is 17.3 Å². The van der Waals surface area contributed by atoms with E-state index in [9.17, 15) is 0 Å². The van der Waals surface area contributed by atoms with Crippen LogP contribution in [0.25, 0.3) is 0 Å². The number of nitrogen functional groups attached to an aromatic ring is 1. The molecule has 1 unspecified atom stereocenters. The van der Waals surface area contributed by atoms with Gasteiger partial charge in [0, 0.05) is 23.3 Å². The molecule has 0 aliphatic carbocycles. The van der Waals surface area contributed by atoms with E-state index in [1.807, 2.05) is 18.2 Å². The van der Waals surface area contributed by atoms with E-state index in [-0.39, 0.29) is 0 Å². The lowest BCUT2D eigenvalue weighted by atomic mass is 10.1. The van der Waals surface area contributed by atoms with Crippen molar-refractivity contribution in [3.8, 4) is 0 Å². The zero-order valence-corrected chi connectivity index (χ0v) is 9.80. The van der Waals surface area contributed by atoms with Crippen LogP contribution in [0.3, 0.4) is 0 Å². The number of benzene rings is 1. The molecule has 3 heteroatoms. The molecule has 0 saturated carbocycles. The summed E-state index contributed by atoms with van der Waals surface area (Å²) in [5.74, 6) is 0. The van der Waals surface area contributed by atoms with Crippen molar-refractivity contribution in [2.24, 2.45) is 0 Å². The minimum Gasteiger partial charge on any atom is -0.398 e. The summed E-state index contributed by atoms with van der Waals surface area (Å²) in [6.45, 7) is 4.37. The minimum atomic E-state index is 0.670. The van der Waals surface area contributed by atoms with Crippen LogP contribution in [-0.2, 0) is 6.54 Å². The zero-order valence-electron chi connectivity index (χ0n) is 9.04. The molecular formula is C12H17ClN2. The van der Waals surface area contributed by atoms with Crippen molar-refractivity contribution in [1.29, 1.82) is 0 Å². The van der Waals surface area contributed by atoms with E-state index < -0.39 is 0 Å². The molecular weight excluding hydrogens is 208 g/mol. The van der Waals surface area contributed by atoms with Crippen LogP contribution in [0.1, 0.15) is 25.3 Å². The summed E-state index contributed by atoms with van der Waals surface area (Å²) < 4.78 is 0. The molecule has 1 saturated heterocycles. The number of nitrogens with two attached hydrogens (primary N) is 1. The summed E-state index contributed by atoms with van der Waals surface area (Å²) in [5, 5.41) is 0.769. The average Bonchev–Trinajstić information content (AvgIpc) is 2.58. The summed E-state index contributed by atoms with van der Waals surface area (Å²) in [6, 6.07) is 6.37. The summed E-state index contributed by atoms with van der Waals surface area (Å²) in [7, 11) is 0. The topological polar surface area (TPSA) is 29.3 Å². The Morgan fingerprint density at radius 3 is 3.00 bits per heavy atom. The molecule has 1 aromatic carbocycles. The molecule has 0 radical (unpaired) electrons. The van der Waals surface area contributed by atoms with E-state index in [0.717, 1.165) is 22.8 Å². The Morgan fingerprint density at radius 2 is 2.33 bits per heavy atom. The summed E-state index contributed by atoms with van der Waals surface area (Å²) in [6.07, 6.45) is 2.59. The summed E-state index contributed by atoms with van der Waals surface area (Å²) >= 11 is 5.96. The van der Waals surface area contributed by atoms with Crippen molar-refractivity contribution in [3.63, 3.8) is 0 Å². The average molecular weight is 225 g/mol. The van der Waals surface area contributed by atoms with E-state index in [2.05, 4.69) is 11.8 Å². The van der Waals surface area contributed by atoms with Gasteiger partial charge in [-0.05, 0) is 50.1 Å². The molecule has 82 valence electrons. The predicted octanol–water partition coefficient (Wildman–Crippen LogP) is 2.91. The highest BCUT2D eigenvalue weighted by Crippen LogP contribution is 2.24. The first-order valence-corrected chi connectivity index (χ1v) is 5.82. The first-order valence-electron chi connectivity index (χ1n) is 5.45. The first-order chi connectivity index (χ1) is 7.16. The van der Waals surface area contributed by atoms with Crippen molar-refractivity contribution in [2.75, 3.05) is 12.3 Å². The molecule has 0 amide bonds. The number of rotatable bonds is 2. The van der Waals surface area contributed by atoms with Gasteiger partial charge in [-0.25, -0.2) is 0 Å². The third kappa shape index (κ3) is 2.44. The van der Waals surface area contributed by atoms with Crippen LogP contribution in [0.2, 0.25) is 5.02 Å². The normalized spacial score (nSPS) is 22.1. The second-order valence-electron chi connectivity index (χ2n) is 4.30. The van der Waals surface area contributed by atoms with Crippen LogP contribution >= 0.6 is 11.6 Å². The number of hydrogen-bond acceptors (Lipinski definition) is 2. The largest absolute Gasteiger partial charge is 0.398 e. The van der Waals surface area contributed by atoms with Crippen LogP contribution in [0.4, 0.5) is 5.69 Å². The van der Waals surface area contributed by atoms with Crippen molar-refractivity contribution in [1.82, 2.24) is 4.90 Å². The number of anilines is 1. The Bertz CT molecular complexity index is 351. The lowest BCUT2D eigenvalue weighted by Gasteiger charge is -2.21. The monoisotopic (exact) mass is 224 g/mol. The molecule has 2 rings (SSSR count). The quantitative estimate of drug-likeness (QED) is 0.783. The Hall–Kier alpha value is -0.730. The van der Waals surface area contributed by atoms with Gasteiger partial charge in [0.1, 0.15) is 0 Å². The lowest BCUT2D eigenvalue weighted by molar-refractivity contribution is 0.261. The third-order valence-electron chi connectivity index (χ3n) is 3.17. The molecule has 0 bridgehead atoms. The van der Waals surface area contributed by atoms with Crippen LogP contribution in [0.15, 0.2) is 18.2 Å². The van der Waals surface area contributed by atoms with E-state index in [1.165, 1.54) is 19.4 Å². The van der Waals surface area contributed by atoms with Gasteiger partial charge in [-0.1, -0.05) is 11.6 Å². The molecule has 1 aromatic rings. The van der Waals surface area contributed by atoms with Gasteiger partial charge in [-0.3, -0.25) is 4.90 Å². The molecule has 2 N–H and O–H groups in total. The highest BCUT2D eigenvalue weighted by molar-refractivity contribution is 6.30. The third-order valence-corrected chi connectivity index (χ3v) is 3.40. The zero-order chi connectivity index (χ0) is 10.8. The maximum atomic E-state index is 5.96. The van der Waals surface area contributed by atoms with Gasteiger partial charge in [-0.15, -0.1) is 0 Å². The van der Waals surface area contributed by atoms with Crippen LogP contribution < -0.4 is 5.73 Å². The van der Waals surface area contributed by atoms with Gasteiger partial charge in [0.25, 0.3) is 0 Å². The second-order valence-corrected chi connectivity index (χ2v) is 4.74. The summed E-state index contributed by atoms with van der Waals surface area (Å²) in [4.78, 5) is 2.46. The fraction of sp³-hybridized carbons (Fsp3) is 0.500. The van der Waals surface area contributed by atoms with Gasteiger partial charge < -0.3 is 5.73 Å². The standard InChI is InChI=1S/C12H17ClN2/c1-9-3-2-6-15(9)8-10-7-11(13)4-5-12(10)14/h4-5,7,9H,2-3,6,8,14H2,1H3. The van der Waals surface area contributed by atoms with Crippen LogP contribution in [0.5, 0.6) is 0 Å². The van der Waals surface area contributed by atoms with E-state index in [0.29, 0.717) is 6.04 Å². The maximum absolute atomic E-state index is 5.96. The Labute approximate surface area is 96.0 Å². The highest BCUT2D eigenvalue weighted by atomic mass is 35.5. The molecule has 1 aliphatic rings. The Kier molecular flexibility index (Phi) is 3.17. The lowest BCUT2D eigenvalue weighted by Crippen LogP contribution is -2.26. The van der Waals surface area contributed by atoms with Gasteiger partial charge in [-0.2, -0.15) is 0 Å². The fourth-order valence-corrected chi connectivity index (χ4v) is 2.35. The number of hydrogen-bond donors (Lipinski definition) is 1. The minimum absolute atomic E-state index is 0.670. The van der Waals surface area contributed by atoms with Gasteiger partial charge in [0.05, 0.1) is 0 Å². The number of likely N-dealkylation sites (tertiary alicyclic amines) is 1. The van der Waals surface area contributed by atoms with Gasteiger partial charge in [0.15, 0.2) is 0 Å². The Balaban J connectivity index is 2.12. The van der Waals surface area contributed by atoms with Gasteiger partial charge >= 0.3 is 0 Å². The van der Waals surface area contributed by atoms with Crippen LogP contribution in [0, 0.1) is 0 Å². The smallest absolute Gasteiger partial charge is 0.0410 e. The SMILES string of the molecule is CC1CCCN1Cc1cc(Cl)ccc1N. The molecule has 1 heterocycles. The van der Waals surface area contributed by atoms with E-state index in [4.69, 9.17) is 17.3 Å². The molecule has 1 atom stereocenters. The molecule has 0 spiro atoms. The molecule has 1 aliphatic heterocycles. The number of halogens is 1. The van der Waals surface area contributed by atoms with E-state index >= 15 is 0 Å². The maximum Gasteiger partial charge on any atom is 0.0410 e. The number of nitrogens with zero attached hydrogens (tertiary/aromatic N) is 1. The second kappa shape index (κ2) is 4.42. The molecule has 0 aromatic heterocycles. The first kappa shape index (κ1) is 10.8. The molecule has 2 nitrogen and oxygen atoms in total. The van der Waals surface area contributed by atoms with E-state index in [1.54, 1.807) is 0 Å². The Morgan fingerprint density at radius 1 is 1.53 bits per heavy atom. The van der Waals surface area contributed by atoms with Crippen molar-refractivity contribution < 1.29 is 0 Å². The van der Waals surface area contributed by atoms with Crippen molar-refractivity contribution in [3.05, 3.63) is 28.8 Å². The molecule has 1 fully saturated rings. The van der Waals surface area contributed by atoms with Crippen molar-refractivity contribution in [2.45, 2.75) is 32.4 Å².